The molecule has 0 aliphatic carbocycles. The number of ketones is 2. The Morgan fingerprint density at radius 3 is 2.32 bits per heavy atom. The fourth-order valence-corrected chi connectivity index (χ4v) is 1.49. The first-order chi connectivity index (χ1) is 9.10. The molecule has 0 unspecified atom stereocenters. The Hall–Kier alpha value is -1.27. The molecule has 0 saturated heterocycles. The Balaban J connectivity index is 3.49. The molecule has 6 heteroatoms. The smallest absolute Gasteiger partial charge is 0.220 e. The molecule has 6 nitrogen and oxygen atoms in total. The van der Waals surface area contributed by atoms with E-state index < -0.39 is 0 Å². The number of carbonyl (C=O) groups is 3. The standard InChI is InChI=1S/C13H23NO5/c1-19-10-12(17)4-2-8-14-13(18)7-6-11(16)5-3-9-15/h15H,2-10H2,1H3,(H,14,18). The molecular formula is C13H23NO5. The summed E-state index contributed by atoms with van der Waals surface area (Å²) in [5, 5.41) is 11.2. The summed E-state index contributed by atoms with van der Waals surface area (Å²) in [5.74, 6) is -0.188. The number of hydrogen-bond donors (Lipinski definition) is 2. The molecule has 0 aromatic rings. The fourth-order valence-electron chi connectivity index (χ4n) is 1.49. The predicted molar refractivity (Wildman–Crippen MR) is 69.7 cm³/mol. The topological polar surface area (TPSA) is 92.7 Å². The molecule has 19 heavy (non-hydrogen) atoms. The maximum atomic E-state index is 11.4. The number of amides is 1. The predicted octanol–water partition coefficient (Wildman–Crippen LogP) is 0.220. The van der Waals surface area contributed by atoms with Crippen LogP contribution < -0.4 is 5.32 Å². The summed E-state index contributed by atoms with van der Waals surface area (Å²) in [6.45, 7) is 0.528. The number of aliphatic hydroxyl groups excluding tert-OH is 1. The molecule has 0 aromatic carbocycles. The number of nitrogens with one attached hydrogen (secondary N) is 1. The third-order valence-electron chi connectivity index (χ3n) is 2.50. The van der Waals surface area contributed by atoms with E-state index in [1.807, 2.05) is 0 Å². The van der Waals surface area contributed by atoms with Crippen molar-refractivity contribution in [3.63, 3.8) is 0 Å². The van der Waals surface area contributed by atoms with E-state index in [1.165, 1.54) is 7.11 Å². The van der Waals surface area contributed by atoms with Crippen LogP contribution in [0.15, 0.2) is 0 Å². The van der Waals surface area contributed by atoms with Crippen molar-refractivity contribution in [2.75, 3.05) is 26.9 Å². The van der Waals surface area contributed by atoms with Gasteiger partial charge in [0, 0.05) is 45.9 Å². The Morgan fingerprint density at radius 1 is 1.00 bits per heavy atom. The van der Waals surface area contributed by atoms with Gasteiger partial charge in [0.25, 0.3) is 0 Å². The van der Waals surface area contributed by atoms with Crippen molar-refractivity contribution in [2.45, 2.75) is 38.5 Å². The summed E-state index contributed by atoms with van der Waals surface area (Å²) in [6, 6.07) is 0. The first kappa shape index (κ1) is 17.7. The van der Waals surface area contributed by atoms with Crippen molar-refractivity contribution in [3.8, 4) is 0 Å². The third kappa shape index (κ3) is 11.5. The van der Waals surface area contributed by atoms with Crippen LogP contribution in [0.25, 0.3) is 0 Å². The minimum atomic E-state index is -0.184. The molecule has 0 spiro atoms. The van der Waals surface area contributed by atoms with Crippen molar-refractivity contribution in [3.05, 3.63) is 0 Å². The zero-order valence-corrected chi connectivity index (χ0v) is 11.4. The lowest BCUT2D eigenvalue weighted by Crippen LogP contribution is -2.25. The minimum Gasteiger partial charge on any atom is -0.396 e. The summed E-state index contributed by atoms with van der Waals surface area (Å²) in [4.78, 5) is 33.7. The van der Waals surface area contributed by atoms with Gasteiger partial charge in [-0.15, -0.1) is 0 Å². The van der Waals surface area contributed by atoms with Gasteiger partial charge in [-0.05, 0) is 12.8 Å². The maximum Gasteiger partial charge on any atom is 0.220 e. The first-order valence-electron chi connectivity index (χ1n) is 6.50. The lowest BCUT2D eigenvalue weighted by Gasteiger charge is -2.04. The molecule has 0 atom stereocenters. The van der Waals surface area contributed by atoms with Crippen LogP contribution in [0.3, 0.4) is 0 Å². The highest BCUT2D eigenvalue weighted by Gasteiger charge is 2.07. The van der Waals surface area contributed by atoms with E-state index >= 15 is 0 Å². The second-order valence-corrected chi connectivity index (χ2v) is 4.29. The van der Waals surface area contributed by atoms with Gasteiger partial charge in [0.15, 0.2) is 5.78 Å². The summed E-state index contributed by atoms with van der Waals surface area (Å²) < 4.78 is 4.69. The molecule has 0 saturated carbocycles. The van der Waals surface area contributed by atoms with Gasteiger partial charge < -0.3 is 15.2 Å². The van der Waals surface area contributed by atoms with E-state index in [2.05, 4.69) is 10.1 Å². The molecule has 0 heterocycles. The molecule has 1 amide bonds. The second kappa shape index (κ2) is 11.8. The molecular weight excluding hydrogens is 250 g/mol. The van der Waals surface area contributed by atoms with Gasteiger partial charge in [0.1, 0.15) is 12.4 Å². The van der Waals surface area contributed by atoms with E-state index in [1.54, 1.807) is 0 Å². The third-order valence-corrected chi connectivity index (χ3v) is 2.50. The van der Waals surface area contributed by atoms with Crippen molar-refractivity contribution >= 4 is 17.5 Å². The number of ether oxygens (including phenoxy) is 1. The molecule has 0 aromatic heterocycles. The van der Waals surface area contributed by atoms with E-state index in [0.29, 0.717) is 32.2 Å². The van der Waals surface area contributed by atoms with Crippen LogP contribution in [0, 0.1) is 0 Å². The van der Waals surface area contributed by atoms with E-state index in [0.717, 1.165) is 0 Å². The van der Waals surface area contributed by atoms with Gasteiger partial charge in [-0.1, -0.05) is 0 Å². The van der Waals surface area contributed by atoms with E-state index in [-0.39, 0.29) is 43.5 Å². The molecule has 0 aliphatic heterocycles. The van der Waals surface area contributed by atoms with Gasteiger partial charge in [-0.25, -0.2) is 0 Å². The molecule has 0 rings (SSSR count). The summed E-state index contributed by atoms with van der Waals surface area (Å²) in [7, 11) is 1.47. The Kier molecular flexibility index (Phi) is 11.0. The van der Waals surface area contributed by atoms with Crippen molar-refractivity contribution in [1.29, 1.82) is 0 Å². The van der Waals surface area contributed by atoms with Crippen LogP contribution >= 0.6 is 0 Å². The van der Waals surface area contributed by atoms with Gasteiger partial charge in [0.2, 0.25) is 5.91 Å². The Labute approximate surface area is 113 Å². The van der Waals surface area contributed by atoms with E-state index in [4.69, 9.17) is 5.11 Å². The lowest BCUT2D eigenvalue weighted by molar-refractivity contribution is -0.125. The minimum absolute atomic E-state index is 0.00651. The average Bonchev–Trinajstić information content (AvgIpc) is 2.39. The molecule has 0 radical (unpaired) electrons. The monoisotopic (exact) mass is 273 g/mol. The number of carbonyl (C=O) groups excluding carboxylic acids is 3. The molecule has 0 aliphatic rings. The molecule has 0 bridgehead atoms. The maximum absolute atomic E-state index is 11.4. The number of hydrogen-bond acceptors (Lipinski definition) is 5. The molecule has 0 fully saturated rings. The molecule has 110 valence electrons. The van der Waals surface area contributed by atoms with Gasteiger partial charge in [-0.2, -0.15) is 0 Å². The second-order valence-electron chi connectivity index (χ2n) is 4.29. The van der Waals surface area contributed by atoms with Crippen molar-refractivity contribution < 1.29 is 24.2 Å². The van der Waals surface area contributed by atoms with Crippen LogP contribution in [0.4, 0.5) is 0 Å². The van der Waals surface area contributed by atoms with Crippen LogP contribution in [-0.2, 0) is 19.1 Å². The average molecular weight is 273 g/mol. The van der Waals surface area contributed by atoms with Crippen LogP contribution in [-0.4, -0.2) is 49.4 Å². The first-order valence-corrected chi connectivity index (χ1v) is 6.50. The fraction of sp³-hybridized carbons (Fsp3) is 0.769. The highest BCUT2D eigenvalue weighted by molar-refractivity contribution is 5.85. The number of methoxy groups -OCH3 is 1. The highest BCUT2D eigenvalue weighted by atomic mass is 16.5. The zero-order chi connectivity index (χ0) is 14.5. The van der Waals surface area contributed by atoms with E-state index in [9.17, 15) is 14.4 Å². The SMILES string of the molecule is COCC(=O)CCCNC(=O)CCC(=O)CCCO. The number of rotatable bonds is 12. The zero-order valence-electron chi connectivity index (χ0n) is 11.4. The summed E-state index contributed by atoms with van der Waals surface area (Å²) >= 11 is 0. The summed E-state index contributed by atoms with van der Waals surface area (Å²) in [6.07, 6.45) is 2.08. The largest absolute Gasteiger partial charge is 0.396 e. The Morgan fingerprint density at radius 2 is 1.68 bits per heavy atom. The Bertz CT molecular complexity index is 291. The van der Waals surface area contributed by atoms with Crippen LogP contribution in [0.1, 0.15) is 38.5 Å². The quantitative estimate of drug-likeness (QED) is 0.496. The highest BCUT2D eigenvalue weighted by Crippen LogP contribution is 1.98. The molecule has 2 N–H and O–H groups in total. The lowest BCUT2D eigenvalue weighted by atomic mass is 10.1. The van der Waals surface area contributed by atoms with Gasteiger partial charge in [-0.3, -0.25) is 14.4 Å². The normalized spacial score (nSPS) is 10.2. The summed E-state index contributed by atoms with van der Waals surface area (Å²) in [5.41, 5.74) is 0. The number of Topliss-reactive ketones (excluding diaryl/α,β-unsaturated/α-hetero) is 2. The number of aliphatic hydroxyl groups is 1. The van der Waals surface area contributed by atoms with Crippen molar-refractivity contribution in [2.24, 2.45) is 0 Å². The van der Waals surface area contributed by atoms with Crippen LogP contribution in [0.5, 0.6) is 0 Å². The van der Waals surface area contributed by atoms with Gasteiger partial charge >= 0.3 is 0 Å². The van der Waals surface area contributed by atoms with Crippen molar-refractivity contribution in [1.82, 2.24) is 5.32 Å². The van der Waals surface area contributed by atoms with Gasteiger partial charge in [0.05, 0.1) is 0 Å². The van der Waals surface area contributed by atoms with Crippen LogP contribution in [0.2, 0.25) is 0 Å².